The summed E-state index contributed by atoms with van der Waals surface area (Å²) in [6.45, 7) is 26.8. The number of carbonyl (C=O) groups excluding carboxylic acids is 2. The van der Waals surface area contributed by atoms with Crippen molar-refractivity contribution in [3.63, 3.8) is 0 Å². The summed E-state index contributed by atoms with van der Waals surface area (Å²) in [5, 5.41) is 1.27. The van der Waals surface area contributed by atoms with Gasteiger partial charge >= 0.3 is 0 Å². The number of benzene rings is 1. The molecule has 13 atom stereocenters. The lowest BCUT2D eigenvalue weighted by atomic mass is 9.53. The summed E-state index contributed by atoms with van der Waals surface area (Å²) in [6.07, 6.45) is 2.11. The zero-order valence-corrected chi connectivity index (χ0v) is 31.8. The number of imide groups is 1. The van der Waals surface area contributed by atoms with Gasteiger partial charge in [-0.1, -0.05) is 67.5 Å². The van der Waals surface area contributed by atoms with E-state index in [0.717, 1.165) is 31.7 Å². The number of likely N-dealkylation sites (N-methyl/N-ethyl adjacent to an activating group) is 1. The molecule has 0 radical (unpaired) electrons. The second-order valence-electron chi connectivity index (χ2n) is 18.0. The quantitative estimate of drug-likeness (QED) is 0.279. The molecule has 3 heterocycles. The van der Waals surface area contributed by atoms with Gasteiger partial charge in [0.1, 0.15) is 0 Å². The number of aromatic nitrogens is 1. The number of anilines is 1. The first kappa shape index (κ1) is 25.9. The van der Waals surface area contributed by atoms with Gasteiger partial charge in [-0.15, -0.1) is 0 Å². The first-order valence-corrected chi connectivity index (χ1v) is 19.3. The van der Waals surface area contributed by atoms with Crippen molar-refractivity contribution in [1.29, 1.82) is 0 Å². The maximum absolute atomic E-state index is 14.7. The summed E-state index contributed by atoms with van der Waals surface area (Å²) < 4.78 is 76.5. The minimum atomic E-state index is -1.33. The Kier molecular flexibility index (Phi) is 6.21. The molecule has 706 valence electrons. The monoisotopic (exact) mass is 1130 g/mol. The van der Waals surface area contributed by atoms with Gasteiger partial charge in [0.25, 0.3) is 0 Å². The van der Waals surface area contributed by atoms with Crippen molar-refractivity contribution in [2.45, 2.75) is 107 Å². The first-order chi connectivity index (χ1) is 28.3. The SMILES string of the molecule is [2H][2H].[2H][2H].[2H][2H].[2H][2H].[2H][2H].[2H][2H].[2H][C@](C)([C@H]1[C@H](C(C)[C@@H]2CN(c3nsc4cccc(C)c34)CC(C)N2C)CCC(C)C1(C)C)N1C(=O)[C@@H]2[C@H]3C(C)C(C)C([C@@H]2C1=O)C3(C)C.[HH].[HH].[HH].[HH].[HH].[HH].[HH].[HH].[HH].[HH].[HH].[HH].[HH].[HH].[HH].[HH].[HH].[HH].[HH].[HH].[HH].[HH].[HH].[HH].[HH].[HH].[HH].[HH].[HH].[HH].[HH].[HH].[HH].[HH].[HH].[HH].[HH].[HH].[HH].[HH].[HH].[HH].[HH].[HH].[HH].[HH].[HH].[HH].[HH].[HH].[HH].[HH].[HH].[HH].[HH].[HH].[HH].[HH].[HH].[HH].[HH].[HH].[HH].[HH].[HH].[HH].[HH].[HH].[HH].[HH].[HH].[HH].[HH].[HH].[HH].[HH].[HH].[HH].[HH].[HH].[HH].[HH].[HH].[HH].[HH].[HH].[HH].[HH].[HH].[HH].[HH].[HH].[HH].[HH].[HH].[HH].[HH].[HH].[HH].[HH].[HH].[HH].[HH].[HH].[HH].[HH].[HH].[HH].[HH].[HH].[HH].[HH].[HH].[HH].[HH].[HH].[HH].[HH].[HH].[HH].[HH].[HH].[HH].[HH].[HH].[HH].[HH].[HH].[HH].[HH].[HH].[HH].[HH].[HH].[HH].[HH].[HH].[HH].[HH].[HH].[HH].[HH].[HH].[HH].[HH].[HH].[HH].[HH].[HH].[HH].[HH].[HH].[HH].[HH].[HH].[HH].[HH].[HH].[HH].[HH].[HH].[HH].[HH].[HH].[HH].[HH].[HH].[HH].[HH].[HH].[HH].[HH].[HH].[HH].[HH].[HH].[HH].[HH].[HH].[HH].[HH].[HH].[HH].[HH].[HH].[HH].[HH].[HH].[HH].[HH].[HH].[HH].[HH].[HH].[HH].[HH].[HH].[HH].[HH].[HH].[HH].[HH].[HH].[HH].[HH].[HH].[HH].[HH].[HH].[HH].[HH].[HH].[HH].[HH].[HH].[HH].[HH].[HH]. The standard InChI is InChI=1S/C40H60N4O2S.224H2/c1-20-14-13-15-29-30(20)36(41-47-29)43-18-22(3)42(12)28(19-43)25(6)27-17-16-21(2)39(8,9)35(27)26(7)44-37(45)31-32(38(44)46)34-24(5)23(4)33(31)40(34,10)11;;;;;;;;;;;;;;;;;;;;;;;;;;;;;;;;;;;;;;;;;;;;;;;;;;;;;;;;;;;;;;;;;;;;;;;;;;;;;;;;;;;;;;;;;;;;;;;;;;;;;;;;;;;;;;;;;;;;;;;;;;;;;;;;;;;;;;;;;;;;;;;;;;;;;;;;;;;;;;;;;;;;;;;;;;;;;;;;;;;;;;;;;;;;;;;;;;;;;;;;;;;;;;;;;;;;;;;;;;;;;;;;/h13-15,21-28,31-35H,16-19H2,1-12H3;224*1H/t21?,22?,23?,24?,25?,26-,27-,28-,31-,32+,33+,34?,35-;;;;;;;;;;;;;;;;;;;;;;;;;;;;;;;;;;;;;;;;;;;;;;;;;;;;;;;;;;;;;;;;;;;;;;;;;;;;;;;;;;;;;;;;;;;;;;;;;;;;;;;;;;;;;;;;;;;;;;;;;;;;;;;;;;;;;;;;;;;;;;;;;;;;;;;;;;;;;;;;;;;;;;;;;;;;;;;;;;;;;;;;;;;;;;;;;;;;;;;;;;;;;;;;;;;;;;;;;;;;;;;;/m0................................................................................................................................................................................................................................/s1/i26D;6*1+1D;;;;;;;;;;;;;;;;;;;;;;;;;;;;;;;;;;;;;;;;;;;;;;;;;;;;;;;;;;;;;;;;;;;;;;;;;;;;;;;;;;;;;;;;;;;;;;;;;;;;;;;;;;;;;;;;;;;;;;;;;;;;;;;;;;;;;;;;;;;;;;;;;;;;;;;;;;;;;;;;;;;;;;;;;;;;;;;;;;;;;;;;;;;;;;;;;;;;;;;;;;;;;;;;;;;;;;;;;;. The Balaban J connectivity index is -0.000000000713. The van der Waals surface area contributed by atoms with Gasteiger partial charge in [-0.05, 0) is 122 Å². The third-order valence-electron chi connectivity index (χ3n) is 15.5. The van der Waals surface area contributed by atoms with E-state index in [-0.39, 0.29) is 381 Å². The lowest BCUT2D eigenvalue weighted by Gasteiger charge is -2.56. The highest BCUT2D eigenvalue weighted by Crippen LogP contribution is 2.70. The number of amides is 2. The predicted molar refractivity (Wildman–Crippen MR) is 667 cm³/mol. The van der Waals surface area contributed by atoms with Crippen LogP contribution in [-0.2, 0) is 9.59 Å². The average molecular weight is 1130 g/mol. The van der Waals surface area contributed by atoms with Crippen LogP contribution < -0.4 is 4.90 Å². The Morgan fingerprint density at radius 2 is 1.62 bits per heavy atom. The van der Waals surface area contributed by atoms with Crippen LogP contribution in [0.4, 0.5) is 5.82 Å². The van der Waals surface area contributed by atoms with Crippen molar-refractivity contribution in [2.75, 3.05) is 25.0 Å². The molecule has 2 bridgehead atoms. The summed E-state index contributed by atoms with van der Waals surface area (Å²) in [4.78, 5) is 35.9. The highest BCUT2D eigenvalue weighted by molar-refractivity contribution is 7.13. The van der Waals surface area contributed by atoms with E-state index in [1.54, 1.807) is 11.5 Å². The fourth-order valence-corrected chi connectivity index (χ4v) is 13.5. The van der Waals surface area contributed by atoms with E-state index in [1.807, 2.05) is 6.92 Å². The summed E-state index contributed by atoms with van der Waals surface area (Å²) >= 11 is 1.59. The fourth-order valence-electron chi connectivity index (χ4n) is 12.6. The van der Waals surface area contributed by atoms with Crippen LogP contribution in [-0.4, -0.2) is 64.2 Å². The molecule has 5 fully saturated rings. The minimum absolute atomic E-state index is 0. The number of likely N-dealkylation sites (tertiary alicyclic amines) is 1. The molecule has 2 aromatic rings. The highest BCUT2D eigenvalue weighted by atomic mass is 32.1. The van der Waals surface area contributed by atoms with Gasteiger partial charge in [0.2, 0.25) is 11.8 Å². The minimum Gasteiger partial charge on any atom is -0.352 e. The number of hydrogen-bond acceptors (Lipinski definition) is 6. The normalized spacial score (nSPS) is 43.1. The number of carbonyl (C=O) groups is 2. The molecule has 3 aliphatic carbocycles. The maximum atomic E-state index is 14.7. The molecular weight excluding hydrogens is 601 g/mol. The summed E-state index contributed by atoms with van der Waals surface area (Å²) in [5.41, 5.74) is 1.02. The van der Waals surface area contributed by atoms with Crippen LogP contribution in [0.3, 0.4) is 0 Å². The Hall–Kier alpha value is -1.99. The molecule has 1 aromatic carbocycles. The molecule has 6 nitrogen and oxygen atoms in total. The Bertz CT molecular complexity index is 1760. The number of aryl methyl sites for hydroxylation is 1. The average Bonchev–Trinajstić information content (AvgIpc) is 3.92. The van der Waals surface area contributed by atoms with Crippen LogP contribution in [0.5, 0.6) is 0 Å². The molecule has 2 aliphatic heterocycles. The summed E-state index contributed by atoms with van der Waals surface area (Å²) in [5.74, 6) is 2.36. The largest absolute Gasteiger partial charge is 0.352 e. The Morgan fingerprint density at radius 1 is 1.00 bits per heavy atom. The first-order valence-electron chi connectivity index (χ1n) is 25.0. The van der Waals surface area contributed by atoms with Crippen LogP contribution in [0, 0.1) is 76.9 Å². The van der Waals surface area contributed by atoms with Crippen molar-refractivity contribution in [1.82, 2.24) is 14.2 Å². The number of piperazine rings is 1. The molecule has 1 aromatic heterocycles. The van der Waals surface area contributed by atoms with Crippen molar-refractivity contribution < 1.29 is 340 Å². The van der Waals surface area contributed by atoms with E-state index in [2.05, 4.69) is 104 Å². The van der Waals surface area contributed by atoms with E-state index in [9.17, 15) is 11.0 Å². The Labute approximate surface area is 631 Å². The topological polar surface area (TPSA) is 56.8 Å². The van der Waals surface area contributed by atoms with Gasteiger partial charge < -0.3 is 4.90 Å². The van der Waals surface area contributed by atoms with E-state index in [1.165, 1.54) is 20.5 Å². The summed E-state index contributed by atoms with van der Waals surface area (Å²) in [7, 11) is 2.27. The van der Waals surface area contributed by atoms with E-state index in [4.69, 9.17) is 22.2 Å². The molecule has 7 heteroatoms. The second kappa shape index (κ2) is 11.3. The molecular formula is C40H508N4O2S. The van der Waals surface area contributed by atoms with E-state index < -0.39 is 6.02 Å². The zero-order valence-electron chi connectivity index (χ0n) is 44.0. The summed E-state index contributed by atoms with van der Waals surface area (Å²) in [6, 6.07) is 5.75. The van der Waals surface area contributed by atoms with E-state index in [0.29, 0.717) is 23.8 Å². The number of hydrogen-bond donors (Lipinski definition) is 0. The van der Waals surface area contributed by atoms with Gasteiger partial charge in [-0.2, -0.15) is 4.37 Å². The molecule has 7 rings (SSSR count). The van der Waals surface area contributed by atoms with Crippen molar-refractivity contribution in [3.8, 4) is 0 Å². The predicted octanol–water partition coefficient (Wildman–Crippen LogP) is 63.1. The number of rotatable bonds is 5. The van der Waals surface area contributed by atoms with Gasteiger partial charge in [0.05, 0.1) is 17.9 Å². The molecule has 3 saturated carbocycles. The van der Waals surface area contributed by atoms with Crippen LogP contribution in [0.1, 0.15) is 418 Å². The van der Waals surface area contributed by atoms with Crippen LogP contribution in [0.15, 0.2) is 18.2 Å². The molecule has 2 amide bonds. The smallest absolute Gasteiger partial charge is 0.233 e. The van der Waals surface area contributed by atoms with E-state index >= 15 is 0 Å². The number of fused-ring (bicyclic) bond motifs is 6. The lowest BCUT2D eigenvalue weighted by Crippen LogP contribution is -2.62. The molecule has 6 unspecified atom stereocenters. The molecule has 0 N–H and O–H groups in total. The third kappa shape index (κ3) is 4.60. The van der Waals surface area contributed by atoms with Crippen molar-refractivity contribution in [3.05, 3.63) is 23.8 Å². The maximum Gasteiger partial charge on any atom is 0.233 e. The van der Waals surface area contributed by atoms with Crippen LogP contribution >= 0.6 is 11.5 Å². The number of nitrogens with zero attached hydrogens (tertiary/aromatic N) is 4. The van der Waals surface area contributed by atoms with Gasteiger partial charge in [0, 0.05) is 365 Å². The van der Waals surface area contributed by atoms with Gasteiger partial charge in [-0.25, -0.2) is 0 Å². The molecule has 2 saturated heterocycles. The fraction of sp³-hybridized carbons (Fsp3) is 0.775. The lowest BCUT2D eigenvalue weighted by molar-refractivity contribution is -0.150. The third-order valence-corrected chi connectivity index (χ3v) is 16.3. The highest BCUT2D eigenvalue weighted by Gasteiger charge is 2.73. The molecule has 5 aliphatic rings. The molecule has 47 heavy (non-hydrogen) atoms. The Morgan fingerprint density at radius 3 is 2.23 bits per heavy atom. The van der Waals surface area contributed by atoms with Crippen LogP contribution in [0.2, 0.25) is 0 Å². The van der Waals surface area contributed by atoms with Gasteiger partial charge in [-0.3, -0.25) is 19.4 Å². The van der Waals surface area contributed by atoms with Crippen molar-refractivity contribution >= 4 is 39.3 Å². The van der Waals surface area contributed by atoms with Crippen LogP contribution in [0.25, 0.3) is 10.1 Å². The van der Waals surface area contributed by atoms with Crippen molar-refractivity contribution in [2.24, 2.45) is 70.0 Å². The molecule has 0 spiro atoms. The second-order valence-corrected chi connectivity index (χ2v) is 18.8. The van der Waals surface area contributed by atoms with Gasteiger partial charge in [0.15, 0.2) is 5.82 Å². The zero-order chi connectivity index (χ0) is 47.0.